The summed E-state index contributed by atoms with van der Waals surface area (Å²) in [7, 11) is 3.83. The van der Waals surface area contributed by atoms with Crippen LogP contribution in [0, 0.1) is 0 Å². The summed E-state index contributed by atoms with van der Waals surface area (Å²) < 4.78 is 5.15. The number of thioether (sulfide) groups is 1. The molecule has 1 atom stereocenters. The Morgan fingerprint density at radius 2 is 1.97 bits per heavy atom. The van der Waals surface area contributed by atoms with Crippen molar-refractivity contribution in [2.24, 2.45) is 0 Å². The minimum Gasteiger partial charge on any atom is -0.460 e. The second kappa shape index (κ2) is 10.5. The molecule has 31 heavy (non-hydrogen) atoms. The largest absolute Gasteiger partial charge is 0.460 e. The maximum absolute atomic E-state index is 12.4. The number of ether oxygens (including phenoxy) is 1. The number of rotatable bonds is 8. The molecule has 164 valence electrons. The lowest BCUT2D eigenvalue weighted by Crippen LogP contribution is -2.41. The molecule has 1 N–H and O–H groups in total. The summed E-state index contributed by atoms with van der Waals surface area (Å²) >= 11 is 7.87. The van der Waals surface area contributed by atoms with Crippen LogP contribution < -0.4 is 10.2 Å². The lowest BCUT2D eigenvalue weighted by atomic mass is 10.1. The van der Waals surface area contributed by atoms with Crippen molar-refractivity contribution in [1.29, 1.82) is 0 Å². The first-order chi connectivity index (χ1) is 14.8. The fourth-order valence-electron chi connectivity index (χ4n) is 3.05. The Labute approximate surface area is 190 Å². The third-order valence-corrected chi connectivity index (χ3v) is 6.29. The van der Waals surface area contributed by atoms with Crippen LogP contribution in [-0.2, 0) is 25.7 Å². The van der Waals surface area contributed by atoms with E-state index in [2.05, 4.69) is 5.32 Å². The third-order valence-electron chi connectivity index (χ3n) is 4.72. The number of nitrogens with zero attached hydrogens (tertiary/aromatic N) is 2. The number of halogens is 1. The van der Waals surface area contributed by atoms with Gasteiger partial charge in [0.15, 0.2) is 0 Å². The van der Waals surface area contributed by atoms with E-state index in [0.29, 0.717) is 5.02 Å². The van der Waals surface area contributed by atoms with E-state index in [4.69, 9.17) is 16.3 Å². The van der Waals surface area contributed by atoms with E-state index in [9.17, 15) is 14.4 Å². The SMILES string of the molecule is CN(C)c1ccc(C2SCC(=O)N2CC(=O)NCC(=O)OCc2ccccc2)c(Cl)c1. The maximum Gasteiger partial charge on any atom is 0.325 e. The summed E-state index contributed by atoms with van der Waals surface area (Å²) in [5, 5.41) is 2.70. The molecule has 9 heteroatoms. The molecule has 0 aliphatic carbocycles. The van der Waals surface area contributed by atoms with Crippen molar-refractivity contribution in [2.45, 2.75) is 12.0 Å². The first kappa shape index (κ1) is 23.0. The summed E-state index contributed by atoms with van der Waals surface area (Å²) in [6, 6.07) is 14.9. The second-order valence-electron chi connectivity index (χ2n) is 7.21. The molecule has 1 aliphatic rings. The monoisotopic (exact) mass is 461 g/mol. The van der Waals surface area contributed by atoms with Gasteiger partial charge in [-0.15, -0.1) is 11.8 Å². The van der Waals surface area contributed by atoms with Gasteiger partial charge in [-0.2, -0.15) is 0 Å². The molecule has 2 aromatic carbocycles. The summed E-state index contributed by atoms with van der Waals surface area (Å²) in [6.45, 7) is -0.279. The van der Waals surface area contributed by atoms with Gasteiger partial charge in [0.1, 0.15) is 25.1 Å². The Morgan fingerprint density at radius 3 is 2.65 bits per heavy atom. The number of hydrogen-bond acceptors (Lipinski definition) is 6. The zero-order valence-corrected chi connectivity index (χ0v) is 18.9. The van der Waals surface area contributed by atoms with Crippen molar-refractivity contribution in [2.75, 3.05) is 37.8 Å². The molecule has 2 amide bonds. The lowest BCUT2D eigenvalue weighted by molar-refractivity contribution is -0.145. The van der Waals surface area contributed by atoms with Crippen LogP contribution in [0.3, 0.4) is 0 Å². The van der Waals surface area contributed by atoms with Crippen LogP contribution in [0.2, 0.25) is 5.02 Å². The molecular formula is C22H24ClN3O4S. The predicted molar refractivity (Wildman–Crippen MR) is 122 cm³/mol. The predicted octanol–water partition coefficient (Wildman–Crippen LogP) is 2.84. The van der Waals surface area contributed by atoms with Gasteiger partial charge in [-0.25, -0.2) is 0 Å². The summed E-state index contributed by atoms with van der Waals surface area (Å²) in [5.74, 6) is -0.857. The average Bonchev–Trinajstić information content (AvgIpc) is 3.11. The van der Waals surface area contributed by atoms with Gasteiger partial charge in [0.25, 0.3) is 0 Å². The standard InChI is InChI=1S/C22H24ClN3O4S/c1-25(2)16-8-9-17(18(23)10-16)22-26(20(28)14-31-22)12-19(27)24-11-21(29)30-13-15-6-4-3-5-7-15/h3-10,22H,11-14H2,1-2H3,(H,24,27). The Balaban J connectivity index is 1.54. The first-order valence-corrected chi connectivity index (χ1v) is 11.1. The number of carbonyl (C=O) groups is 3. The summed E-state index contributed by atoms with van der Waals surface area (Å²) in [6.07, 6.45) is 0. The van der Waals surface area contributed by atoms with E-state index >= 15 is 0 Å². The molecule has 0 saturated carbocycles. The second-order valence-corrected chi connectivity index (χ2v) is 8.68. The number of benzene rings is 2. The van der Waals surface area contributed by atoms with Crippen LogP contribution in [0.25, 0.3) is 0 Å². The van der Waals surface area contributed by atoms with E-state index in [1.807, 2.05) is 67.5 Å². The number of anilines is 1. The van der Waals surface area contributed by atoms with Crippen LogP contribution in [0.5, 0.6) is 0 Å². The highest BCUT2D eigenvalue weighted by Crippen LogP contribution is 2.42. The highest BCUT2D eigenvalue weighted by molar-refractivity contribution is 8.00. The lowest BCUT2D eigenvalue weighted by Gasteiger charge is -2.25. The fraction of sp³-hybridized carbons (Fsp3) is 0.318. The van der Waals surface area contributed by atoms with Crippen molar-refractivity contribution in [3.8, 4) is 0 Å². The fourth-order valence-corrected chi connectivity index (χ4v) is 4.61. The Morgan fingerprint density at radius 1 is 1.23 bits per heavy atom. The zero-order valence-electron chi connectivity index (χ0n) is 17.3. The molecule has 1 heterocycles. The van der Waals surface area contributed by atoms with E-state index in [1.165, 1.54) is 16.7 Å². The van der Waals surface area contributed by atoms with Crippen molar-refractivity contribution in [3.05, 3.63) is 64.7 Å². The number of amides is 2. The number of esters is 1. The van der Waals surface area contributed by atoms with Gasteiger partial charge in [0.05, 0.1) is 5.75 Å². The van der Waals surface area contributed by atoms with Crippen molar-refractivity contribution in [1.82, 2.24) is 10.2 Å². The van der Waals surface area contributed by atoms with Gasteiger partial charge in [-0.1, -0.05) is 48.0 Å². The topological polar surface area (TPSA) is 79.0 Å². The Bertz CT molecular complexity index is 955. The normalized spacial score (nSPS) is 15.6. The van der Waals surface area contributed by atoms with Crippen LogP contribution in [0.1, 0.15) is 16.5 Å². The molecule has 1 unspecified atom stereocenters. The average molecular weight is 462 g/mol. The summed E-state index contributed by atoms with van der Waals surface area (Å²) in [5.41, 5.74) is 2.58. The third kappa shape index (κ3) is 6.15. The first-order valence-electron chi connectivity index (χ1n) is 9.69. The van der Waals surface area contributed by atoms with Crippen molar-refractivity contribution in [3.63, 3.8) is 0 Å². The van der Waals surface area contributed by atoms with Crippen LogP contribution >= 0.6 is 23.4 Å². The molecule has 0 aromatic heterocycles. The molecule has 1 saturated heterocycles. The van der Waals surface area contributed by atoms with Crippen molar-refractivity contribution >= 4 is 46.8 Å². The van der Waals surface area contributed by atoms with E-state index in [1.54, 1.807) is 0 Å². The van der Waals surface area contributed by atoms with Gasteiger partial charge in [-0.05, 0) is 17.7 Å². The molecule has 0 bridgehead atoms. The molecule has 2 aromatic rings. The highest BCUT2D eigenvalue weighted by atomic mass is 35.5. The van der Waals surface area contributed by atoms with E-state index < -0.39 is 11.9 Å². The van der Waals surface area contributed by atoms with Crippen LogP contribution in [0.15, 0.2) is 48.5 Å². The molecule has 1 fully saturated rings. The summed E-state index contributed by atoms with van der Waals surface area (Å²) in [4.78, 5) is 40.0. The minimum absolute atomic E-state index is 0.139. The van der Waals surface area contributed by atoms with Gasteiger partial charge in [0, 0.05) is 30.4 Å². The number of carbonyl (C=O) groups excluding carboxylic acids is 3. The van der Waals surface area contributed by atoms with Crippen molar-refractivity contribution < 1.29 is 19.1 Å². The van der Waals surface area contributed by atoms with Crippen LogP contribution in [-0.4, -0.2) is 55.6 Å². The number of nitrogens with one attached hydrogen (secondary N) is 1. The molecule has 7 nitrogen and oxygen atoms in total. The van der Waals surface area contributed by atoms with E-state index in [-0.39, 0.29) is 36.7 Å². The highest BCUT2D eigenvalue weighted by Gasteiger charge is 2.35. The van der Waals surface area contributed by atoms with Gasteiger partial charge >= 0.3 is 5.97 Å². The smallest absolute Gasteiger partial charge is 0.325 e. The zero-order chi connectivity index (χ0) is 22.4. The molecule has 0 radical (unpaired) electrons. The van der Waals surface area contributed by atoms with Gasteiger partial charge in [-0.3, -0.25) is 14.4 Å². The van der Waals surface area contributed by atoms with E-state index in [0.717, 1.165) is 16.8 Å². The molecule has 0 spiro atoms. The van der Waals surface area contributed by atoms with Gasteiger partial charge in [0.2, 0.25) is 11.8 Å². The van der Waals surface area contributed by atoms with Gasteiger partial charge < -0.3 is 19.9 Å². The Kier molecular flexibility index (Phi) is 7.81. The molecular weight excluding hydrogens is 438 g/mol. The van der Waals surface area contributed by atoms with Crippen LogP contribution in [0.4, 0.5) is 5.69 Å². The maximum atomic E-state index is 12.4. The molecule has 3 rings (SSSR count). The molecule has 1 aliphatic heterocycles. The number of hydrogen-bond donors (Lipinski definition) is 1. The Hall–Kier alpha value is -2.71. The minimum atomic E-state index is -0.543. The quantitative estimate of drug-likeness (QED) is 0.609.